The van der Waals surface area contributed by atoms with Crippen LogP contribution in [0.5, 0.6) is 0 Å². The molecule has 3 nitrogen and oxygen atoms in total. The van der Waals surface area contributed by atoms with Crippen molar-refractivity contribution in [2.24, 2.45) is 0 Å². The zero-order valence-electron chi connectivity index (χ0n) is 13.5. The van der Waals surface area contributed by atoms with Gasteiger partial charge in [0, 0.05) is 19.1 Å². The van der Waals surface area contributed by atoms with Gasteiger partial charge in [0.15, 0.2) is 6.10 Å². The Bertz CT molecular complexity index is 467. The van der Waals surface area contributed by atoms with Crippen LogP contribution >= 0.6 is 0 Å². The summed E-state index contributed by atoms with van der Waals surface area (Å²) in [5, 5.41) is 9.22. The second-order valence-corrected chi connectivity index (χ2v) is 6.34. The number of likely N-dealkylation sites (tertiary alicyclic amines) is 1. The Morgan fingerprint density at radius 3 is 2.57 bits per heavy atom. The van der Waals surface area contributed by atoms with Crippen molar-refractivity contribution in [3.63, 3.8) is 0 Å². The largest absolute Gasteiger partial charge is 0.415 e. The van der Waals surface area contributed by atoms with E-state index in [1.54, 1.807) is 4.90 Å². The third-order valence-corrected chi connectivity index (χ3v) is 4.50. The summed E-state index contributed by atoms with van der Waals surface area (Å²) in [7, 11) is 2.07. The van der Waals surface area contributed by atoms with Crippen LogP contribution in [0.4, 0.5) is 13.2 Å². The fraction of sp³-hybridized carbons (Fsp3) is 0.647. The van der Waals surface area contributed by atoms with Crippen molar-refractivity contribution in [2.45, 2.75) is 44.1 Å². The Kier molecular flexibility index (Phi) is 6.44. The first-order valence-corrected chi connectivity index (χ1v) is 8.07. The number of β-amino-alcohol motifs (C(OH)–C–C–N with tert-alkyl or cyclic N) is 1. The summed E-state index contributed by atoms with van der Waals surface area (Å²) in [6.45, 7) is 1.73. The Morgan fingerprint density at radius 2 is 1.91 bits per heavy atom. The van der Waals surface area contributed by atoms with Crippen LogP contribution in [0.1, 0.15) is 24.8 Å². The van der Waals surface area contributed by atoms with Gasteiger partial charge in [-0.25, -0.2) is 0 Å². The molecule has 0 spiro atoms. The Morgan fingerprint density at radius 1 is 1.22 bits per heavy atom. The summed E-state index contributed by atoms with van der Waals surface area (Å²) < 4.78 is 37.4. The van der Waals surface area contributed by atoms with Gasteiger partial charge in [0.25, 0.3) is 0 Å². The van der Waals surface area contributed by atoms with Crippen molar-refractivity contribution in [1.29, 1.82) is 0 Å². The van der Waals surface area contributed by atoms with Gasteiger partial charge in [-0.1, -0.05) is 30.3 Å². The van der Waals surface area contributed by atoms with E-state index in [0.29, 0.717) is 19.1 Å². The molecule has 1 aromatic carbocycles. The zero-order chi connectivity index (χ0) is 16.9. The van der Waals surface area contributed by atoms with Crippen molar-refractivity contribution in [1.82, 2.24) is 9.80 Å². The number of hydrogen-bond donors (Lipinski definition) is 1. The molecule has 1 aromatic rings. The van der Waals surface area contributed by atoms with Crippen LogP contribution < -0.4 is 0 Å². The number of nitrogens with zero attached hydrogens (tertiary/aromatic N) is 2. The van der Waals surface area contributed by atoms with E-state index in [4.69, 9.17) is 0 Å². The number of alkyl halides is 3. The third-order valence-electron chi connectivity index (χ3n) is 4.50. The Labute approximate surface area is 135 Å². The van der Waals surface area contributed by atoms with E-state index in [0.717, 1.165) is 25.8 Å². The smallest absolute Gasteiger partial charge is 0.382 e. The Hall–Kier alpha value is -1.11. The lowest BCUT2D eigenvalue weighted by Crippen LogP contribution is -2.41. The van der Waals surface area contributed by atoms with E-state index in [2.05, 4.69) is 24.1 Å². The molecule has 0 saturated carbocycles. The van der Waals surface area contributed by atoms with E-state index < -0.39 is 12.3 Å². The maximum atomic E-state index is 12.5. The first-order valence-electron chi connectivity index (χ1n) is 8.07. The van der Waals surface area contributed by atoms with Crippen LogP contribution in [-0.4, -0.2) is 59.9 Å². The van der Waals surface area contributed by atoms with E-state index in [1.807, 2.05) is 18.2 Å². The molecule has 1 saturated heterocycles. The minimum Gasteiger partial charge on any atom is -0.382 e. The summed E-state index contributed by atoms with van der Waals surface area (Å²) in [5.74, 6) is 0. The minimum atomic E-state index is -4.53. The van der Waals surface area contributed by atoms with Gasteiger partial charge in [0.2, 0.25) is 0 Å². The first-order chi connectivity index (χ1) is 10.9. The van der Waals surface area contributed by atoms with Gasteiger partial charge in [0.1, 0.15) is 0 Å². The minimum absolute atomic E-state index is 0.321. The molecule has 0 amide bonds. The molecule has 1 aliphatic rings. The number of benzene rings is 1. The molecule has 1 fully saturated rings. The van der Waals surface area contributed by atoms with Gasteiger partial charge < -0.3 is 10.0 Å². The Balaban J connectivity index is 1.83. The molecule has 23 heavy (non-hydrogen) atoms. The highest BCUT2D eigenvalue weighted by Crippen LogP contribution is 2.23. The van der Waals surface area contributed by atoms with Crippen molar-refractivity contribution < 1.29 is 18.3 Å². The molecule has 1 heterocycles. The second kappa shape index (κ2) is 8.13. The fourth-order valence-electron chi connectivity index (χ4n) is 3.11. The molecule has 0 aromatic heterocycles. The van der Waals surface area contributed by atoms with Crippen LogP contribution in [0.2, 0.25) is 0 Å². The third kappa shape index (κ3) is 5.79. The quantitative estimate of drug-likeness (QED) is 0.899. The molecule has 0 bridgehead atoms. The van der Waals surface area contributed by atoms with E-state index in [-0.39, 0.29) is 6.54 Å². The molecule has 6 heteroatoms. The predicted molar refractivity (Wildman–Crippen MR) is 84.0 cm³/mol. The van der Waals surface area contributed by atoms with E-state index in [1.165, 1.54) is 5.56 Å². The van der Waals surface area contributed by atoms with Crippen LogP contribution in [0.3, 0.4) is 0 Å². The monoisotopic (exact) mass is 330 g/mol. The summed E-state index contributed by atoms with van der Waals surface area (Å²) in [4.78, 5) is 4.01. The van der Waals surface area contributed by atoms with Crippen LogP contribution in [0.15, 0.2) is 30.3 Å². The first kappa shape index (κ1) is 18.2. The number of aliphatic hydroxyl groups excluding tert-OH is 1. The summed E-state index contributed by atoms with van der Waals surface area (Å²) >= 11 is 0. The van der Waals surface area contributed by atoms with Gasteiger partial charge in [-0.2, -0.15) is 13.2 Å². The molecule has 130 valence electrons. The number of halogens is 3. The van der Waals surface area contributed by atoms with E-state index >= 15 is 0 Å². The summed E-state index contributed by atoms with van der Waals surface area (Å²) in [5.41, 5.74) is 1.24. The lowest BCUT2D eigenvalue weighted by molar-refractivity contribution is -0.208. The highest BCUT2D eigenvalue weighted by atomic mass is 19.4. The van der Waals surface area contributed by atoms with Crippen LogP contribution in [0.25, 0.3) is 0 Å². The number of rotatable bonds is 5. The fourth-order valence-corrected chi connectivity index (χ4v) is 3.11. The van der Waals surface area contributed by atoms with Gasteiger partial charge in [-0.15, -0.1) is 0 Å². The normalized spacial score (nSPS) is 22.1. The average molecular weight is 330 g/mol. The highest BCUT2D eigenvalue weighted by Gasteiger charge is 2.39. The number of hydrogen-bond acceptors (Lipinski definition) is 3. The topological polar surface area (TPSA) is 26.7 Å². The lowest BCUT2D eigenvalue weighted by atomic mass is 10.1. The van der Waals surface area contributed by atoms with Gasteiger partial charge >= 0.3 is 6.18 Å². The molecular formula is C17H25F3N2O. The molecule has 0 unspecified atom stereocenters. The molecule has 1 aliphatic heterocycles. The van der Waals surface area contributed by atoms with Crippen molar-refractivity contribution >= 4 is 0 Å². The van der Waals surface area contributed by atoms with Crippen molar-refractivity contribution in [2.75, 3.05) is 26.7 Å². The molecular weight excluding hydrogens is 305 g/mol. The standard InChI is InChI=1S/C17H25F3N2O/c1-21(12-14-6-3-2-4-7-14)15-8-5-10-22(11-9-15)13-16(23)17(18,19)20/h2-4,6-7,15-16,23H,5,8-13H2,1H3/t15-,16-/m1/s1. The zero-order valence-corrected chi connectivity index (χ0v) is 13.5. The van der Waals surface area contributed by atoms with Crippen LogP contribution in [-0.2, 0) is 6.54 Å². The van der Waals surface area contributed by atoms with Gasteiger partial charge in [-0.05, 0) is 45.0 Å². The molecule has 1 N–H and O–H groups in total. The maximum Gasteiger partial charge on any atom is 0.415 e. The van der Waals surface area contributed by atoms with Crippen molar-refractivity contribution in [3.05, 3.63) is 35.9 Å². The van der Waals surface area contributed by atoms with Crippen LogP contribution in [0, 0.1) is 0 Å². The molecule has 0 aliphatic carbocycles. The van der Waals surface area contributed by atoms with Gasteiger partial charge in [0.05, 0.1) is 0 Å². The number of aliphatic hydroxyl groups is 1. The average Bonchev–Trinajstić information content (AvgIpc) is 2.73. The second-order valence-electron chi connectivity index (χ2n) is 6.34. The SMILES string of the molecule is CN(Cc1ccccc1)[C@@H]1CCCN(C[C@@H](O)C(F)(F)F)CC1. The molecule has 2 atom stereocenters. The molecule has 0 radical (unpaired) electrons. The van der Waals surface area contributed by atoms with Gasteiger partial charge in [-0.3, -0.25) is 4.90 Å². The van der Waals surface area contributed by atoms with E-state index in [9.17, 15) is 18.3 Å². The molecule has 2 rings (SSSR count). The lowest BCUT2D eigenvalue weighted by Gasteiger charge is -2.28. The maximum absolute atomic E-state index is 12.5. The highest BCUT2D eigenvalue weighted by molar-refractivity contribution is 5.14. The van der Waals surface area contributed by atoms with Crippen molar-refractivity contribution in [3.8, 4) is 0 Å². The summed E-state index contributed by atoms with van der Waals surface area (Å²) in [6.07, 6.45) is -4.12. The summed E-state index contributed by atoms with van der Waals surface area (Å²) in [6, 6.07) is 10.5. The predicted octanol–water partition coefficient (Wildman–Crippen LogP) is 2.90.